The van der Waals surface area contributed by atoms with Gasteiger partial charge in [0.25, 0.3) is 11.8 Å². The number of nitrogens with zero attached hydrogens (tertiary/aromatic N) is 3. The van der Waals surface area contributed by atoms with E-state index in [9.17, 15) is 9.59 Å². The second-order valence-electron chi connectivity index (χ2n) is 6.12. The van der Waals surface area contributed by atoms with Gasteiger partial charge < -0.3 is 10.2 Å². The standard InChI is InChI=1S/C19H20N4O2S/c1-13(2)23-12-14(11-20-23)21-18(24)15-7-4-5-8-16(15)22(3)19(25)17-9-6-10-26-17/h4-13H,1-3H3,(H,21,24). The molecule has 1 aromatic carbocycles. The lowest BCUT2D eigenvalue weighted by Gasteiger charge is -2.19. The molecule has 3 aromatic rings. The second-order valence-corrected chi connectivity index (χ2v) is 7.06. The Morgan fingerprint density at radius 3 is 2.62 bits per heavy atom. The van der Waals surface area contributed by atoms with E-state index >= 15 is 0 Å². The van der Waals surface area contributed by atoms with E-state index in [1.165, 1.54) is 16.2 Å². The van der Waals surface area contributed by atoms with E-state index in [-0.39, 0.29) is 17.9 Å². The van der Waals surface area contributed by atoms with Crippen molar-refractivity contribution in [3.05, 3.63) is 64.6 Å². The zero-order valence-corrected chi connectivity index (χ0v) is 15.7. The number of para-hydroxylation sites is 1. The number of aromatic nitrogens is 2. The van der Waals surface area contributed by atoms with Crippen molar-refractivity contribution in [3.63, 3.8) is 0 Å². The van der Waals surface area contributed by atoms with E-state index in [0.717, 1.165) is 0 Å². The van der Waals surface area contributed by atoms with Crippen LogP contribution in [0.4, 0.5) is 11.4 Å². The van der Waals surface area contributed by atoms with Crippen LogP contribution in [0.2, 0.25) is 0 Å². The third-order valence-electron chi connectivity index (χ3n) is 3.94. The second kappa shape index (κ2) is 7.53. The molecule has 0 atom stereocenters. The van der Waals surface area contributed by atoms with Gasteiger partial charge in [0.15, 0.2) is 0 Å². The van der Waals surface area contributed by atoms with Crippen molar-refractivity contribution in [2.75, 3.05) is 17.3 Å². The summed E-state index contributed by atoms with van der Waals surface area (Å²) in [6.07, 6.45) is 3.40. The first-order chi connectivity index (χ1) is 12.5. The summed E-state index contributed by atoms with van der Waals surface area (Å²) < 4.78 is 1.77. The Morgan fingerprint density at radius 2 is 1.96 bits per heavy atom. The average molecular weight is 368 g/mol. The van der Waals surface area contributed by atoms with Gasteiger partial charge >= 0.3 is 0 Å². The van der Waals surface area contributed by atoms with Gasteiger partial charge in [-0.05, 0) is 37.4 Å². The molecule has 6 nitrogen and oxygen atoms in total. The van der Waals surface area contributed by atoms with Crippen LogP contribution in [0.3, 0.4) is 0 Å². The maximum Gasteiger partial charge on any atom is 0.268 e. The van der Waals surface area contributed by atoms with Crippen LogP contribution in [-0.4, -0.2) is 28.6 Å². The Kier molecular flexibility index (Phi) is 5.18. The Morgan fingerprint density at radius 1 is 1.19 bits per heavy atom. The zero-order chi connectivity index (χ0) is 18.7. The Labute approximate surface area is 156 Å². The summed E-state index contributed by atoms with van der Waals surface area (Å²) in [5, 5.41) is 8.92. The molecule has 0 spiro atoms. The van der Waals surface area contributed by atoms with Gasteiger partial charge in [0.05, 0.1) is 28.0 Å². The molecule has 0 aliphatic heterocycles. The van der Waals surface area contributed by atoms with Crippen molar-refractivity contribution in [3.8, 4) is 0 Å². The summed E-state index contributed by atoms with van der Waals surface area (Å²) in [6.45, 7) is 4.03. The van der Waals surface area contributed by atoms with E-state index in [2.05, 4.69) is 10.4 Å². The fraction of sp³-hybridized carbons (Fsp3) is 0.211. The molecule has 134 valence electrons. The first-order valence-corrected chi connectivity index (χ1v) is 9.11. The van der Waals surface area contributed by atoms with Crippen molar-refractivity contribution in [2.24, 2.45) is 0 Å². The molecule has 2 amide bonds. The van der Waals surface area contributed by atoms with Gasteiger partial charge in [-0.1, -0.05) is 18.2 Å². The minimum Gasteiger partial charge on any atom is -0.319 e. The zero-order valence-electron chi connectivity index (χ0n) is 14.8. The van der Waals surface area contributed by atoms with E-state index < -0.39 is 0 Å². The molecule has 0 saturated carbocycles. The van der Waals surface area contributed by atoms with Gasteiger partial charge in [-0.15, -0.1) is 11.3 Å². The van der Waals surface area contributed by atoms with E-state index in [4.69, 9.17) is 0 Å². The normalized spacial score (nSPS) is 10.8. The molecule has 0 radical (unpaired) electrons. The van der Waals surface area contributed by atoms with E-state index in [0.29, 0.717) is 21.8 Å². The summed E-state index contributed by atoms with van der Waals surface area (Å²) in [7, 11) is 1.67. The fourth-order valence-electron chi connectivity index (χ4n) is 2.52. The molecule has 1 N–H and O–H groups in total. The first kappa shape index (κ1) is 17.9. The number of carbonyl (C=O) groups excluding carboxylic acids is 2. The maximum absolute atomic E-state index is 12.7. The van der Waals surface area contributed by atoms with Crippen molar-refractivity contribution < 1.29 is 9.59 Å². The van der Waals surface area contributed by atoms with Crippen molar-refractivity contribution >= 4 is 34.5 Å². The van der Waals surface area contributed by atoms with Gasteiger partial charge in [-0.25, -0.2) is 0 Å². The summed E-state index contributed by atoms with van der Waals surface area (Å²) >= 11 is 1.37. The quantitative estimate of drug-likeness (QED) is 0.739. The number of hydrogen-bond acceptors (Lipinski definition) is 4. The van der Waals surface area contributed by atoms with Crippen LogP contribution < -0.4 is 10.2 Å². The smallest absolute Gasteiger partial charge is 0.268 e. The maximum atomic E-state index is 12.7. The monoisotopic (exact) mass is 368 g/mol. The molecule has 26 heavy (non-hydrogen) atoms. The van der Waals surface area contributed by atoms with Crippen LogP contribution in [-0.2, 0) is 0 Å². The fourth-order valence-corrected chi connectivity index (χ4v) is 3.22. The molecule has 0 fully saturated rings. The highest BCUT2D eigenvalue weighted by Crippen LogP contribution is 2.23. The highest BCUT2D eigenvalue weighted by molar-refractivity contribution is 7.12. The molecule has 0 aliphatic rings. The summed E-state index contributed by atoms with van der Waals surface area (Å²) in [4.78, 5) is 27.5. The lowest BCUT2D eigenvalue weighted by Crippen LogP contribution is -2.28. The van der Waals surface area contributed by atoms with Gasteiger partial charge in [-0.3, -0.25) is 14.3 Å². The minimum absolute atomic E-state index is 0.145. The van der Waals surface area contributed by atoms with Gasteiger partial charge in [0.1, 0.15) is 0 Å². The third kappa shape index (κ3) is 3.67. The Bertz CT molecular complexity index is 915. The van der Waals surface area contributed by atoms with Gasteiger partial charge in [0, 0.05) is 19.3 Å². The van der Waals surface area contributed by atoms with Crippen LogP contribution in [0.25, 0.3) is 0 Å². The van der Waals surface area contributed by atoms with Crippen LogP contribution >= 0.6 is 11.3 Å². The number of rotatable bonds is 5. The SMILES string of the molecule is CC(C)n1cc(NC(=O)c2ccccc2N(C)C(=O)c2cccs2)cn1. The van der Waals surface area contributed by atoms with Crippen molar-refractivity contribution in [1.29, 1.82) is 0 Å². The molecule has 2 heterocycles. The highest BCUT2D eigenvalue weighted by Gasteiger charge is 2.20. The first-order valence-electron chi connectivity index (χ1n) is 8.23. The number of thiophene rings is 1. The largest absolute Gasteiger partial charge is 0.319 e. The number of anilines is 2. The third-order valence-corrected chi connectivity index (χ3v) is 4.79. The Balaban J connectivity index is 1.83. The number of carbonyl (C=O) groups is 2. The summed E-state index contributed by atoms with van der Waals surface area (Å²) in [6, 6.07) is 10.9. The number of amides is 2. The van der Waals surface area contributed by atoms with Crippen molar-refractivity contribution in [1.82, 2.24) is 9.78 Å². The van der Waals surface area contributed by atoms with E-state index in [1.54, 1.807) is 54.5 Å². The predicted octanol–water partition coefficient (Wildman–Crippen LogP) is 4.05. The van der Waals surface area contributed by atoms with Crippen LogP contribution in [0.15, 0.2) is 54.2 Å². The molecule has 0 saturated heterocycles. The topological polar surface area (TPSA) is 67.2 Å². The summed E-state index contributed by atoms with van der Waals surface area (Å²) in [5.74, 6) is -0.428. The van der Waals surface area contributed by atoms with Gasteiger partial charge in [0.2, 0.25) is 0 Å². The highest BCUT2D eigenvalue weighted by atomic mass is 32.1. The van der Waals surface area contributed by atoms with Crippen molar-refractivity contribution in [2.45, 2.75) is 19.9 Å². The molecule has 0 bridgehead atoms. The lowest BCUT2D eigenvalue weighted by atomic mass is 10.1. The molecule has 3 rings (SSSR count). The lowest BCUT2D eigenvalue weighted by molar-refractivity contribution is 0.0996. The molecule has 0 unspecified atom stereocenters. The summed E-state index contributed by atoms with van der Waals surface area (Å²) in [5.41, 5.74) is 1.60. The number of benzene rings is 1. The van der Waals surface area contributed by atoms with E-state index in [1.807, 2.05) is 25.3 Å². The van der Waals surface area contributed by atoms with Crippen LogP contribution in [0.1, 0.15) is 39.9 Å². The molecular formula is C19H20N4O2S. The van der Waals surface area contributed by atoms with Gasteiger partial charge in [-0.2, -0.15) is 5.10 Å². The molecule has 0 aliphatic carbocycles. The average Bonchev–Trinajstić information content (AvgIpc) is 3.32. The Hall–Kier alpha value is -2.93. The number of nitrogens with one attached hydrogen (secondary N) is 1. The van der Waals surface area contributed by atoms with Crippen LogP contribution in [0.5, 0.6) is 0 Å². The molecule has 2 aromatic heterocycles. The molecule has 7 heteroatoms. The van der Waals surface area contributed by atoms with Crippen LogP contribution in [0, 0.1) is 0 Å². The molecular weight excluding hydrogens is 348 g/mol. The minimum atomic E-state index is -0.283. The predicted molar refractivity (Wildman–Crippen MR) is 104 cm³/mol. The number of hydrogen-bond donors (Lipinski definition) is 1.